The lowest BCUT2D eigenvalue weighted by atomic mass is 9.48. The number of hydrogen-bond donors (Lipinski definition) is 1. The molecular formula is C37H56N2O3. The molecule has 4 aliphatic carbocycles. The lowest BCUT2D eigenvalue weighted by molar-refractivity contribution is -0.0662. The SMILES string of the molecule is CCN(CC)CCOc1cc(/C=C2\C[C@H]3[C@@H]4CC=C5C[C@@H](N6CCCC6)CC[C@]5(C)[C@H]4CC[C@]3(C)[C@H]2O)ccc1OC. The van der Waals surface area contributed by atoms with Gasteiger partial charge in [-0.25, -0.2) is 0 Å². The Hall–Kier alpha value is -1.82. The van der Waals surface area contributed by atoms with Crippen molar-refractivity contribution in [1.82, 2.24) is 9.80 Å². The molecule has 232 valence electrons. The quantitative estimate of drug-likeness (QED) is 0.315. The zero-order valence-electron chi connectivity index (χ0n) is 27.0. The molecule has 1 aliphatic heterocycles. The summed E-state index contributed by atoms with van der Waals surface area (Å²) >= 11 is 0. The van der Waals surface area contributed by atoms with Crippen molar-refractivity contribution in [1.29, 1.82) is 0 Å². The first kappa shape index (κ1) is 30.2. The van der Waals surface area contributed by atoms with Crippen LogP contribution in [-0.4, -0.2) is 73.5 Å². The van der Waals surface area contributed by atoms with Crippen molar-refractivity contribution in [3.05, 3.63) is 41.0 Å². The predicted octanol–water partition coefficient (Wildman–Crippen LogP) is 7.20. The first-order chi connectivity index (χ1) is 20.3. The van der Waals surface area contributed by atoms with Gasteiger partial charge >= 0.3 is 0 Å². The lowest BCUT2D eigenvalue weighted by Gasteiger charge is -2.58. The van der Waals surface area contributed by atoms with E-state index in [4.69, 9.17) is 9.47 Å². The van der Waals surface area contributed by atoms with Gasteiger partial charge in [0.15, 0.2) is 11.5 Å². The van der Waals surface area contributed by atoms with Gasteiger partial charge in [-0.2, -0.15) is 0 Å². The molecule has 3 saturated carbocycles. The number of likely N-dealkylation sites (tertiary alicyclic amines) is 1. The maximum atomic E-state index is 11.8. The summed E-state index contributed by atoms with van der Waals surface area (Å²) in [6.07, 6.45) is 16.0. The van der Waals surface area contributed by atoms with E-state index in [1.807, 2.05) is 6.07 Å². The van der Waals surface area contributed by atoms with Gasteiger partial charge in [0, 0.05) is 18.0 Å². The van der Waals surface area contributed by atoms with Gasteiger partial charge < -0.3 is 24.4 Å². The number of aliphatic hydroxyl groups is 1. The van der Waals surface area contributed by atoms with Crippen LogP contribution in [0.3, 0.4) is 0 Å². The summed E-state index contributed by atoms with van der Waals surface area (Å²) in [6.45, 7) is 15.6. The molecule has 1 saturated heterocycles. The number of ether oxygens (including phenoxy) is 2. The molecule has 0 amide bonds. The van der Waals surface area contributed by atoms with E-state index in [0.29, 0.717) is 23.9 Å². The first-order valence-corrected chi connectivity index (χ1v) is 17.2. The third kappa shape index (κ3) is 5.37. The average Bonchev–Trinajstić information content (AvgIpc) is 3.62. The number of rotatable bonds is 9. The summed E-state index contributed by atoms with van der Waals surface area (Å²) in [5.74, 6) is 3.54. The van der Waals surface area contributed by atoms with E-state index in [1.54, 1.807) is 12.7 Å². The van der Waals surface area contributed by atoms with Crippen LogP contribution in [0.2, 0.25) is 0 Å². The molecular weight excluding hydrogens is 520 g/mol. The van der Waals surface area contributed by atoms with Crippen molar-refractivity contribution in [3.8, 4) is 11.5 Å². The van der Waals surface area contributed by atoms with E-state index in [0.717, 1.165) is 61.5 Å². The van der Waals surface area contributed by atoms with Gasteiger partial charge in [0.1, 0.15) is 6.61 Å². The van der Waals surface area contributed by atoms with E-state index >= 15 is 0 Å². The van der Waals surface area contributed by atoms with Crippen molar-refractivity contribution in [2.24, 2.45) is 28.6 Å². The summed E-state index contributed by atoms with van der Waals surface area (Å²) < 4.78 is 11.8. The smallest absolute Gasteiger partial charge is 0.161 e. The zero-order valence-corrected chi connectivity index (χ0v) is 27.0. The minimum atomic E-state index is -0.373. The predicted molar refractivity (Wildman–Crippen MR) is 172 cm³/mol. The molecule has 0 unspecified atom stereocenters. The van der Waals surface area contributed by atoms with Crippen molar-refractivity contribution >= 4 is 6.08 Å². The summed E-state index contributed by atoms with van der Waals surface area (Å²) in [7, 11) is 1.71. The summed E-state index contributed by atoms with van der Waals surface area (Å²) in [4.78, 5) is 5.15. The van der Waals surface area contributed by atoms with Crippen LogP contribution in [0.15, 0.2) is 35.4 Å². The standard InChI is InChI=1S/C37H56N2O3/c1-6-38(7-2)20-21-42-34-23-26(10-13-33(34)41-5)22-27-24-32-30-12-11-28-25-29(39-18-8-9-19-39)14-16-36(28,3)31(30)15-17-37(32,4)35(27)40/h10-11,13,22-23,29-32,35,40H,6-9,12,14-21,24-25H2,1-5H3/b27-22+/t29-,30+,31-,32-,35-,36-,37-/m0/s1. The molecule has 4 fully saturated rings. The van der Waals surface area contributed by atoms with E-state index < -0.39 is 0 Å². The molecule has 0 bridgehead atoms. The highest BCUT2D eigenvalue weighted by molar-refractivity contribution is 5.60. The fraction of sp³-hybridized carbons (Fsp3) is 0.730. The fourth-order valence-corrected chi connectivity index (χ4v) is 9.99. The molecule has 0 spiro atoms. The monoisotopic (exact) mass is 576 g/mol. The Morgan fingerprint density at radius 2 is 1.81 bits per heavy atom. The van der Waals surface area contributed by atoms with Gasteiger partial charge in [-0.3, -0.25) is 0 Å². The molecule has 42 heavy (non-hydrogen) atoms. The highest BCUT2D eigenvalue weighted by Gasteiger charge is 2.59. The number of likely N-dealkylation sites (N-methyl/N-ethyl adjacent to an activating group) is 1. The molecule has 1 aromatic carbocycles. The van der Waals surface area contributed by atoms with Gasteiger partial charge in [-0.15, -0.1) is 0 Å². The second-order valence-corrected chi connectivity index (χ2v) is 14.6. The summed E-state index contributed by atoms with van der Waals surface area (Å²) in [5.41, 5.74) is 4.40. The fourth-order valence-electron chi connectivity index (χ4n) is 9.99. The number of fused-ring (bicyclic) bond motifs is 5. The number of benzene rings is 1. The van der Waals surface area contributed by atoms with E-state index in [-0.39, 0.29) is 11.5 Å². The minimum absolute atomic E-state index is 0.0307. The average molecular weight is 577 g/mol. The van der Waals surface area contributed by atoms with Crippen molar-refractivity contribution < 1.29 is 14.6 Å². The van der Waals surface area contributed by atoms with Crippen LogP contribution in [0.25, 0.3) is 6.08 Å². The van der Waals surface area contributed by atoms with Gasteiger partial charge in [0.25, 0.3) is 0 Å². The molecule has 0 radical (unpaired) electrons. The van der Waals surface area contributed by atoms with Crippen LogP contribution in [0, 0.1) is 28.6 Å². The first-order valence-electron chi connectivity index (χ1n) is 17.2. The van der Waals surface area contributed by atoms with Gasteiger partial charge in [0.2, 0.25) is 0 Å². The molecule has 0 aromatic heterocycles. The van der Waals surface area contributed by atoms with Gasteiger partial charge in [-0.05, 0) is 130 Å². The molecule has 6 rings (SSSR count). The van der Waals surface area contributed by atoms with E-state index in [9.17, 15) is 5.11 Å². The molecule has 5 nitrogen and oxygen atoms in total. The Labute approximate surface area is 255 Å². The maximum absolute atomic E-state index is 11.8. The van der Waals surface area contributed by atoms with Gasteiger partial charge in [-0.1, -0.05) is 51.5 Å². The van der Waals surface area contributed by atoms with E-state index in [2.05, 4.69) is 61.8 Å². The van der Waals surface area contributed by atoms with Crippen molar-refractivity contribution in [3.63, 3.8) is 0 Å². The number of nitrogens with zero attached hydrogens (tertiary/aromatic N) is 2. The lowest BCUT2D eigenvalue weighted by Crippen LogP contribution is -2.52. The Morgan fingerprint density at radius 1 is 1.02 bits per heavy atom. The van der Waals surface area contributed by atoms with E-state index in [1.165, 1.54) is 63.6 Å². The molecule has 1 heterocycles. The minimum Gasteiger partial charge on any atom is -0.493 e. The number of hydrogen-bond acceptors (Lipinski definition) is 5. The van der Waals surface area contributed by atoms with Crippen LogP contribution in [0.4, 0.5) is 0 Å². The number of methoxy groups -OCH3 is 1. The Kier molecular flexibility index (Phi) is 8.84. The highest BCUT2D eigenvalue weighted by atomic mass is 16.5. The molecule has 5 aliphatic rings. The topological polar surface area (TPSA) is 45.2 Å². The molecule has 5 heteroatoms. The summed E-state index contributed by atoms with van der Waals surface area (Å²) in [6, 6.07) is 7.00. The van der Waals surface area contributed by atoms with Crippen LogP contribution in [0.5, 0.6) is 11.5 Å². The Balaban J connectivity index is 1.19. The van der Waals surface area contributed by atoms with Crippen molar-refractivity contribution in [2.75, 3.05) is 46.4 Å². The summed E-state index contributed by atoms with van der Waals surface area (Å²) in [5, 5.41) is 11.8. The van der Waals surface area contributed by atoms with Crippen LogP contribution >= 0.6 is 0 Å². The third-order valence-electron chi connectivity index (χ3n) is 12.7. The van der Waals surface area contributed by atoms with Crippen LogP contribution < -0.4 is 9.47 Å². The number of allylic oxidation sites excluding steroid dienone is 1. The van der Waals surface area contributed by atoms with Crippen LogP contribution in [-0.2, 0) is 0 Å². The van der Waals surface area contributed by atoms with Crippen LogP contribution in [0.1, 0.15) is 91.0 Å². The largest absolute Gasteiger partial charge is 0.493 e. The Bertz CT molecular complexity index is 1170. The zero-order chi connectivity index (χ0) is 29.5. The highest BCUT2D eigenvalue weighted by Crippen LogP contribution is 2.66. The van der Waals surface area contributed by atoms with Gasteiger partial charge in [0.05, 0.1) is 13.2 Å². The maximum Gasteiger partial charge on any atom is 0.161 e. The third-order valence-corrected chi connectivity index (χ3v) is 12.7. The number of aliphatic hydroxyl groups excluding tert-OH is 1. The molecule has 7 atom stereocenters. The molecule has 1 N–H and O–H groups in total. The molecule has 1 aromatic rings. The normalized spacial score (nSPS) is 37.4. The Morgan fingerprint density at radius 3 is 2.55 bits per heavy atom. The van der Waals surface area contributed by atoms with Crippen molar-refractivity contribution in [2.45, 2.75) is 97.6 Å². The second kappa shape index (κ2) is 12.3. The second-order valence-electron chi connectivity index (χ2n) is 14.6.